The van der Waals surface area contributed by atoms with Crippen LogP contribution >= 0.6 is 23.8 Å². The minimum absolute atomic E-state index is 0.314. The minimum Gasteiger partial charge on any atom is -0.497 e. The highest BCUT2D eigenvalue weighted by Gasteiger charge is 2.10. The second-order valence-corrected chi connectivity index (χ2v) is 8.20. The number of hydrogen-bond donors (Lipinski definition) is 3. The maximum absolute atomic E-state index is 5.98. The first kappa shape index (κ1) is 25.2. The molecule has 3 N–H and O–H groups in total. The van der Waals surface area contributed by atoms with Gasteiger partial charge in [-0.2, -0.15) is 0 Å². The Morgan fingerprint density at radius 1 is 0.971 bits per heavy atom. The number of guanidine groups is 1. The minimum atomic E-state index is 0.314. The number of methoxy groups -OCH3 is 2. The van der Waals surface area contributed by atoms with Gasteiger partial charge in [0.05, 0.1) is 19.9 Å². The third-order valence-corrected chi connectivity index (χ3v) is 5.14. The summed E-state index contributed by atoms with van der Waals surface area (Å²) in [7, 11) is 3.19. The number of nitrogens with zero attached hydrogens (tertiary/aromatic N) is 3. The summed E-state index contributed by atoms with van der Waals surface area (Å²) in [5.41, 5.74) is 3.47. The normalized spacial score (nSPS) is 11.0. The van der Waals surface area contributed by atoms with Gasteiger partial charge in [-0.1, -0.05) is 23.7 Å². The highest BCUT2D eigenvalue weighted by atomic mass is 35.5. The molecule has 0 bridgehead atoms. The monoisotopic (exact) mass is 498 g/mol. The molecule has 0 saturated carbocycles. The van der Waals surface area contributed by atoms with Crippen LogP contribution in [0.2, 0.25) is 5.02 Å². The number of aromatic nitrogens is 2. The summed E-state index contributed by atoms with van der Waals surface area (Å²) in [4.78, 5) is 13.5. The number of aliphatic imine (C=N–C) groups is 1. The van der Waals surface area contributed by atoms with Gasteiger partial charge in [-0.15, -0.1) is 0 Å². The number of hydrogen-bond acceptors (Lipinski definition) is 6. The van der Waals surface area contributed by atoms with E-state index < -0.39 is 0 Å². The molecule has 178 valence electrons. The first-order valence-corrected chi connectivity index (χ1v) is 11.3. The predicted molar refractivity (Wildman–Crippen MR) is 141 cm³/mol. The molecule has 3 aromatic rings. The molecular formula is C24H27ClN6O2S. The van der Waals surface area contributed by atoms with E-state index in [0.29, 0.717) is 45.8 Å². The van der Waals surface area contributed by atoms with Crippen molar-refractivity contribution in [2.45, 2.75) is 20.3 Å². The van der Waals surface area contributed by atoms with Gasteiger partial charge in [0.25, 0.3) is 0 Å². The van der Waals surface area contributed by atoms with Gasteiger partial charge in [0, 0.05) is 29.0 Å². The lowest BCUT2D eigenvalue weighted by molar-refractivity contribution is 0.405. The Bertz CT molecular complexity index is 1150. The average Bonchev–Trinajstić information content (AvgIpc) is 2.79. The van der Waals surface area contributed by atoms with Crippen molar-refractivity contribution in [3.63, 3.8) is 0 Å². The van der Waals surface area contributed by atoms with Gasteiger partial charge in [0.1, 0.15) is 11.5 Å². The number of anilines is 2. The molecule has 0 spiro atoms. The summed E-state index contributed by atoms with van der Waals surface area (Å²) in [6.45, 7) is 4.32. The molecule has 0 atom stereocenters. The molecule has 34 heavy (non-hydrogen) atoms. The molecule has 8 nitrogen and oxygen atoms in total. The molecule has 0 aliphatic heterocycles. The van der Waals surface area contributed by atoms with E-state index in [4.69, 9.17) is 33.3 Å². The lowest BCUT2D eigenvalue weighted by Crippen LogP contribution is -2.39. The topological polar surface area (TPSA) is 92.7 Å². The van der Waals surface area contributed by atoms with Crippen molar-refractivity contribution in [2.24, 2.45) is 4.99 Å². The van der Waals surface area contributed by atoms with Crippen molar-refractivity contribution >= 4 is 46.5 Å². The van der Waals surface area contributed by atoms with Crippen molar-refractivity contribution in [3.8, 4) is 11.5 Å². The van der Waals surface area contributed by atoms with Gasteiger partial charge < -0.3 is 20.1 Å². The smallest absolute Gasteiger partial charge is 0.229 e. The number of benzene rings is 2. The van der Waals surface area contributed by atoms with E-state index >= 15 is 0 Å². The molecule has 1 heterocycles. The maximum Gasteiger partial charge on any atom is 0.229 e. The molecule has 3 rings (SSSR count). The highest BCUT2D eigenvalue weighted by Crippen LogP contribution is 2.28. The van der Waals surface area contributed by atoms with Crippen LogP contribution < -0.4 is 25.4 Å². The van der Waals surface area contributed by atoms with E-state index in [1.165, 1.54) is 0 Å². The number of halogens is 1. The van der Waals surface area contributed by atoms with Gasteiger partial charge in [0.15, 0.2) is 5.11 Å². The molecule has 1 aromatic heterocycles. The fourth-order valence-corrected chi connectivity index (χ4v) is 3.45. The van der Waals surface area contributed by atoms with E-state index in [2.05, 4.69) is 30.9 Å². The molecule has 0 saturated heterocycles. The zero-order valence-electron chi connectivity index (χ0n) is 19.5. The first-order chi connectivity index (χ1) is 16.4. The summed E-state index contributed by atoms with van der Waals surface area (Å²) in [5.74, 6) is 2.14. The molecule has 0 aliphatic carbocycles. The van der Waals surface area contributed by atoms with Gasteiger partial charge in [-0.3, -0.25) is 10.3 Å². The van der Waals surface area contributed by atoms with E-state index in [9.17, 15) is 0 Å². The maximum atomic E-state index is 5.98. The second-order valence-electron chi connectivity index (χ2n) is 7.35. The lowest BCUT2D eigenvalue weighted by Gasteiger charge is -2.16. The van der Waals surface area contributed by atoms with Crippen LogP contribution in [0.4, 0.5) is 11.6 Å². The van der Waals surface area contributed by atoms with E-state index in [-0.39, 0.29) is 0 Å². The number of aryl methyl sites for hydroxylation is 2. The number of thiocarbonyl (C=S) groups is 1. The fourth-order valence-electron chi connectivity index (χ4n) is 3.12. The molecule has 0 amide bonds. The van der Waals surface area contributed by atoms with Crippen molar-refractivity contribution in [3.05, 3.63) is 70.5 Å². The van der Waals surface area contributed by atoms with Crippen LogP contribution in [-0.4, -0.2) is 41.8 Å². The third-order valence-electron chi connectivity index (χ3n) is 4.68. The molecule has 0 fully saturated rings. The lowest BCUT2D eigenvalue weighted by atomic mass is 10.1. The summed E-state index contributed by atoms with van der Waals surface area (Å²) in [6.07, 6.45) is 0.724. The SMILES string of the molecule is COc1ccc(OC)c(NC(=S)NC(=NCCc2ccc(Cl)cc2)Nc2nc(C)cc(C)n2)c1. The Balaban J connectivity index is 1.76. The van der Waals surface area contributed by atoms with Crippen LogP contribution in [0.1, 0.15) is 17.0 Å². The zero-order valence-corrected chi connectivity index (χ0v) is 21.0. The summed E-state index contributed by atoms with van der Waals surface area (Å²) >= 11 is 11.5. The quantitative estimate of drug-likeness (QED) is 0.244. The Labute approximate surface area is 209 Å². The van der Waals surface area contributed by atoms with Crippen LogP contribution in [0, 0.1) is 13.8 Å². The third kappa shape index (κ3) is 7.57. The highest BCUT2D eigenvalue weighted by molar-refractivity contribution is 7.80. The average molecular weight is 499 g/mol. The van der Waals surface area contributed by atoms with Gasteiger partial charge in [-0.25, -0.2) is 9.97 Å². The van der Waals surface area contributed by atoms with Crippen molar-refractivity contribution in [1.82, 2.24) is 15.3 Å². The number of nitrogens with one attached hydrogen (secondary N) is 3. The Morgan fingerprint density at radius 2 is 1.68 bits per heavy atom. The zero-order chi connectivity index (χ0) is 24.5. The number of rotatable bonds is 7. The van der Waals surface area contributed by atoms with E-state index in [1.807, 2.05) is 50.2 Å². The fraction of sp³-hybridized carbons (Fsp3) is 0.250. The van der Waals surface area contributed by atoms with Crippen molar-refractivity contribution < 1.29 is 9.47 Å². The molecule has 0 radical (unpaired) electrons. The van der Waals surface area contributed by atoms with E-state index in [1.54, 1.807) is 26.4 Å². The summed E-state index contributed by atoms with van der Waals surface area (Å²) < 4.78 is 10.7. The van der Waals surface area contributed by atoms with Crippen LogP contribution in [-0.2, 0) is 6.42 Å². The Morgan fingerprint density at radius 3 is 2.32 bits per heavy atom. The van der Waals surface area contributed by atoms with E-state index in [0.717, 1.165) is 23.4 Å². The second kappa shape index (κ2) is 12.2. The molecular weight excluding hydrogens is 472 g/mol. The predicted octanol–water partition coefficient (Wildman–Crippen LogP) is 4.76. The van der Waals surface area contributed by atoms with Gasteiger partial charge in [-0.05, 0) is 68.4 Å². The Hall–Kier alpha value is -3.43. The van der Waals surface area contributed by atoms with Gasteiger partial charge >= 0.3 is 0 Å². The van der Waals surface area contributed by atoms with Gasteiger partial charge in [0.2, 0.25) is 11.9 Å². The molecule has 10 heteroatoms. The standard InChI is InChI=1S/C24H27ClN6O2S/c1-15-13-16(2)28-23(27-15)30-22(26-12-11-17-5-7-18(25)8-6-17)31-24(34)29-20-14-19(32-3)9-10-21(20)33-4/h5-10,13-14H,11-12H2,1-4H3,(H3,26,27,28,29,30,31,34). The Kier molecular flexibility index (Phi) is 9.00. The molecule has 2 aromatic carbocycles. The number of ether oxygens (including phenoxy) is 2. The van der Waals surface area contributed by atoms with Crippen LogP contribution in [0.15, 0.2) is 53.5 Å². The van der Waals surface area contributed by atoms with Crippen LogP contribution in [0.25, 0.3) is 0 Å². The summed E-state index contributed by atoms with van der Waals surface area (Å²) in [6, 6.07) is 15.0. The van der Waals surface area contributed by atoms with Crippen molar-refractivity contribution in [1.29, 1.82) is 0 Å². The molecule has 0 aliphatic rings. The van der Waals surface area contributed by atoms with Crippen LogP contribution in [0.3, 0.4) is 0 Å². The largest absolute Gasteiger partial charge is 0.497 e. The summed E-state index contributed by atoms with van der Waals surface area (Å²) in [5, 5.41) is 10.4. The first-order valence-electron chi connectivity index (χ1n) is 10.5. The van der Waals surface area contributed by atoms with Crippen LogP contribution in [0.5, 0.6) is 11.5 Å². The molecule has 0 unspecified atom stereocenters. The van der Waals surface area contributed by atoms with Crippen molar-refractivity contribution in [2.75, 3.05) is 31.4 Å².